The summed E-state index contributed by atoms with van der Waals surface area (Å²) in [5.74, 6) is 4.02. The molecule has 0 radical (unpaired) electrons. The molecule has 0 amide bonds. The number of hydrogen-bond acceptors (Lipinski definition) is 2. The van der Waals surface area contributed by atoms with E-state index < -0.39 is 0 Å². The molecule has 0 heterocycles. The van der Waals surface area contributed by atoms with Gasteiger partial charge in [-0.2, -0.15) is 0 Å². The highest BCUT2D eigenvalue weighted by atomic mass is 16.5. The molecule has 0 aliphatic rings. The molecule has 0 aromatic heterocycles. The van der Waals surface area contributed by atoms with Gasteiger partial charge in [0.1, 0.15) is 11.5 Å². The molecule has 0 bridgehead atoms. The van der Waals surface area contributed by atoms with Crippen LogP contribution in [0.15, 0.2) is 48.5 Å². The Morgan fingerprint density at radius 1 is 1.00 bits per heavy atom. The number of rotatable bonds is 2. The van der Waals surface area contributed by atoms with Crippen LogP contribution in [-0.2, 0) is 0 Å². The maximum Gasteiger partial charge on any atom is 0.128 e. The summed E-state index contributed by atoms with van der Waals surface area (Å²) < 4.78 is 5.62. The van der Waals surface area contributed by atoms with E-state index in [-0.39, 0.29) is 0 Å². The van der Waals surface area contributed by atoms with Gasteiger partial charge in [0, 0.05) is 11.3 Å². The van der Waals surface area contributed by atoms with Crippen LogP contribution in [0.4, 0.5) is 5.69 Å². The summed E-state index contributed by atoms with van der Waals surface area (Å²) in [6.07, 6.45) is 5.31. The molecule has 0 saturated carbocycles. The van der Waals surface area contributed by atoms with Gasteiger partial charge in [-0.25, -0.2) is 0 Å². The monoisotopic (exact) mass is 209 g/mol. The first-order valence-corrected chi connectivity index (χ1v) is 4.88. The molecule has 2 N–H and O–H groups in total. The van der Waals surface area contributed by atoms with E-state index >= 15 is 0 Å². The van der Waals surface area contributed by atoms with Gasteiger partial charge in [0.2, 0.25) is 0 Å². The quantitative estimate of drug-likeness (QED) is 0.609. The summed E-state index contributed by atoms with van der Waals surface area (Å²) in [5, 5.41) is 0. The first-order valence-electron chi connectivity index (χ1n) is 4.88. The van der Waals surface area contributed by atoms with Crippen LogP contribution in [-0.4, -0.2) is 0 Å². The highest BCUT2D eigenvalue weighted by Crippen LogP contribution is 2.22. The Morgan fingerprint density at radius 3 is 2.44 bits per heavy atom. The Bertz CT molecular complexity index is 523. The fraction of sp³-hybridized carbons (Fsp3) is 0. The molecule has 2 rings (SSSR count). The Labute approximate surface area is 94.7 Å². The van der Waals surface area contributed by atoms with Gasteiger partial charge in [-0.15, -0.1) is 6.42 Å². The van der Waals surface area contributed by atoms with E-state index in [1.165, 1.54) is 0 Å². The summed E-state index contributed by atoms with van der Waals surface area (Å²) in [7, 11) is 0. The van der Waals surface area contributed by atoms with Crippen LogP contribution in [0, 0.1) is 12.3 Å². The number of terminal acetylenes is 1. The molecular formula is C14H11NO. The smallest absolute Gasteiger partial charge is 0.128 e. The van der Waals surface area contributed by atoms with Crippen molar-refractivity contribution in [1.82, 2.24) is 0 Å². The lowest BCUT2D eigenvalue weighted by molar-refractivity contribution is 0.482. The van der Waals surface area contributed by atoms with E-state index in [1.54, 1.807) is 12.1 Å². The molecule has 78 valence electrons. The van der Waals surface area contributed by atoms with Crippen LogP contribution in [0.5, 0.6) is 11.5 Å². The predicted molar refractivity (Wildman–Crippen MR) is 65.3 cm³/mol. The molecule has 2 nitrogen and oxygen atoms in total. The van der Waals surface area contributed by atoms with E-state index in [2.05, 4.69) is 5.92 Å². The van der Waals surface area contributed by atoms with Crippen LogP contribution in [0.2, 0.25) is 0 Å². The van der Waals surface area contributed by atoms with Crippen LogP contribution in [0.3, 0.4) is 0 Å². The third-order valence-corrected chi connectivity index (χ3v) is 2.12. The molecule has 0 aliphatic heterocycles. The predicted octanol–water partition coefficient (Wildman–Crippen LogP) is 3.04. The van der Waals surface area contributed by atoms with Crippen molar-refractivity contribution >= 4 is 5.69 Å². The molecule has 2 heteroatoms. The SMILES string of the molecule is C#Cc1cccc(Oc2ccc(N)cc2)c1. The zero-order valence-corrected chi connectivity index (χ0v) is 8.68. The third-order valence-electron chi connectivity index (χ3n) is 2.12. The van der Waals surface area contributed by atoms with Gasteiger partial charge >= 0.3 is 0 Å². The Hall–Kier alpha value is -2.40. The van der Waals surface area contributed by atoms with Crippen molar-refractivity contribution in [2.75, 3.05) is 5.73 Å². The first-order chi connectivity index (χ1) is 7.78. The minimum atomic E-state index is 0.713. The lowest BCUT2D eigenvalue weighted by atomic mass is 10.2. The largest absolute Gasteiger partial charge is 0.457 e. The normalized spacial score (nSPS) is 9.44. The highest BCUT2D eigenvalue weighted by molar-refractivity contribution is 5.44. The molecule has 0 atom stereocenters. The number of hydrogen-bond donors (Lipinski definition) is 1. The van der Waals surface area contributed by atoms with Gasteiger partial charge in [-0.1, -0.05) is 12.0 Å². The first kappa shape index (κ1) is 10.1. The minimum absolute atomic E-state index is 0.713. The Balaban J connectivity index is 2.21. The zero-order valence-electron chi connectivity index (χ0n) is 8.68. The van der Waals surface area contributed by atoms with Gasteiger partial charge < -0.3 is 10.5 Å². The lowest BCUT2D eigenvalue weighted by Gasteiger charge is -2.05. The summed E-state index contributed by atoms with van der Waals surface area (Å²) >= 11 is 0. The zero-order chi connectivity index (χ0) is 11.4. The van der Waals surface area contributed by atoms with Gasteiger partial charge in [0.25, 0.3) is 0 Å². The number of ether oxygens (including phenoxy) is 1. The highest BCUT2D eigenvalue weighted by Gasteiger charge is 1.97. The maximum atomic E-state index is 5.62. The fourth-order valence-electron chi connectivity index (χ4n) is 1.32. The number of nitrogens with two attached hydrogens (primary N) is 1. The van der Waals surface area contributed by atoms with Crippen LogP contribution in [0.25, 0.3) is 0 Å². The molecule has 0 spiro atoms. The summed E-state index contributed by atoms with van der Waals surface area (Å²) in [5.41, 5.74) is 7.10. The molecular weight excluding hydrogens is 198 g/mol. The van der Waals surface area contributed by atoms with Gasteiger partial charge in [0.05, 0.1) is 0 Å². The summed E-state index contributed by atoms with van der Waals surface area (Å²) in [6, 6.07) is 14.6. The second-order valence-electron chi connectivity index (χ2n) is 3.34. The molecule has 16 heavy (non-hydrogen) atoms. The molecule has 0 saturated heterocycles. The van der Waals surface area contributed by atoms with E-state index in [1.807, 2.05) is 36.4 Å². The number of anilines is 1. The van der Waals surface area contributed by atoms with Gasteiger partial charge in [-0.3, -0.25) is 0 Å². The molecule has 2 aromatic carbocycles. The van der Waals surface area contributed by atoms with Crippen molar-refractivity contribution < 1.29 is 4.74 Å². The standard InChI is InChI=1S/C14H11NO/c1-2-11-4-3-5-14(10-11)16-13-8-6-12(15)7-9-13/h1,3-10H,15H2. The molecule has 0 unspecified atom stereocenters. The number of benzene rings is 2. The number of nitrogen functional groups attached to an aromatic ring is 1. The van der Waals surface area contributed by atoms with Crippen molar-refractivity contribution in [2.24, 2.45) is 0 Å². The van der Waals surface area contributed by atoms with E-state index in [9.17, 15) is 0 Å². The van der Waals surface area contributed by atoms with Crippen LogP contribution < -0.4 is 10.5 Å². The van der Waals surface area contributed by atoms with Gasteiger partial charge in [0.15, 0.2) is 0 Å². The Morgan fingerprint density at radius 2 is 1.75 bits per heavy atom. The second kappa shape index (κ2) is 4.41. The van der Waals surface area contributed by atoms with Crippen molar-refractivity contribution in [3.8, 4) is 23.8 Å². The Kier molecular flexibility index (Phi) is 2.79. The molecule has 0 fully saturated rings. The van der Waals surface area contributed by atoms with Crippen LogP contribution in [0.1, 0.15) is 5.56 Å². The average molecular weight is 209 g/mol. The van der Waals surface area contributed by atoms with E-state index in [4.69, 9.17) is 16.9 Å². The van der Waals surface area contributed by atoms with Crippen molar-refractivity contribution in [2.45, 2.75) is 0 Å². The van der Waals surface area contributed by atoms with Crippen molar-refractivity contribution in [1.29, 1.82) is 0 Å². The van der Waals surface area contributed by atoms with Crippen molar-refractivity contribution in [3.63, 3.8) is 0 Å². The van der Waals surface area contributed by atoms with Gasteiger partial charge in [-0.05, 0) is 42.5 Å². The lowest BCUT2D eigenvalue weighted by Crippen LogP contribution is -1.87. The second-order valence-corrected chi connectivity index (χ2v) is 3.34. The molecule has 0 aliphatic carbocycles. The van der Waals surface area contributed by atoms with Crippen molar-refractivity contribution in [3.05, 3.63) is 54.1 Å². The summed E-state index contributed by atoms with van der Waals surface area (Å²) in [4.78, 5) is 0. The average Bonchev–Trinajstić information content (AvgIpc) is 2.32. The van der Waals surface area contributed by atoms with E-state index in [0.29, 0.717) is 5.69 Å². The fourth-order valence-corrected chi connectivity index (χ4v) is 1.32. The minimum Gasteiger partial charge on any atom is -0.457 e. The maximum absolute atomic E-state index is 5.62. The topological polar surface area (TPSA) is 35.2 Å². The van der Waals surface area contributed by atoms with Crippen LogP contribution >= 0.6 is 0 Å². The summed E-state index contributed by atoms with van der Waals surface area (Å²) in [6.45, 7) is 0. The third kappa shape index (κ3) is 2.34. The molecule has 2 aromatic rings. The van der Waals surface area contributed by atoms with E-state index in [0.717, 1.165) is 17.1 Å².